The number of furan rings is 1. The molecule has 0 radical (unpaired) electrons. The van der Waals surface area contributed by atoms with Crippen LogP contribution in [0.1, 0.15) is 41.3 Å². The van der Waals surface area contributed by atoms with Gasteiger partial charge < -0.3 is 9.15 Å². The van der Waals surface area contributed by atoms with Crippen molar-refractivity contribution in [2.24, 2.45) is 9.98 Å². The summed E-state index contributed by atoms with van der Waals surface area (Å²) in [6.07, 6.45) is 0. The Morgan fingerprint density at radius 2 is 1.32 bits per heavy atom. The third-order valence-corrected chi connectivity index (χ3v) is 4.48. The van der Waals surface area contributed by atoms with E-state index in [0.29, 0.717) is 35.1 Å². The summed E-state index contributed by atoms with van der Waals surface area (Å²) in [4.78, 5) is 30.2. The first-order chi connectivity index (χ1) is 15.0. The fraction of sp³-hybridized carbons (Fsp3) is 0.208. The van der Waals surface area contributed by atoms with E-state index >= 15 is 0 Å². The molecular formula is C24H24N2O5. The summed E-state index contributed by atoms with van der Waals surface area (Å²) in [5.41, 5.74) is 4.46. The smallest absolute Gasteiger partial charge is 0.337 e. The van der Waals surface area contributed by atoms with E-state index in [1.807, 2.05) is 50.2 Å². The van der Waals surface area contributed by atoms with Crippen molar-refractivity contribution in [3.63, 3.8) is 0 Å². The quantitative estimate of drug-likeness (QED) is 0.210. The van der Waals surface area contributed by atoms with Crippen LogP contribution in [0.3, 0.4) is 0 Å². The standard InChI is InChI=1S/C24H24N2O5/c1-16(25-20-9-5-18(6-10-20)15-30-29-4)22-13-14-23(31-22)17(2)26-21-11-7-19(8-12-21)24(27)28-3/h5-14H,15H2,1-4H3. The molecule has 31 heavy (non-hydrogen) atoms. The number of ether oxygens (including phenoxy) is 1. The van der Waals surface area contributed by atoms with Gasteiger partial charge in [0.15, 0.2) is 0 Å². The van der Waals surface area contributed by atoms with E-state index in [9.17, 15) is 4.79 Å². The maximum Gasteiger partial charge on any atom is 0.337 e. The highest BCUT2D eigenvalue weighted by Gasteiger charge is 2.09. The average Bonchev–Trinajstić information content (AvgIpc) is 3.29. The molecule has 0 aliphatic rings. The van der Waals surface area contributed by atoms with E-state index in [0.717, 1.165) is 17.0 Å². The second-order valence-corrected chi connectivity index (χ2v) is 6.69. The maximum atomic E-state index is 11.5. The summed E-state index contributed by atoms with van der Waals surface area (Å²) in [6.45, 7) is 4.14. The Kier molecular flexibility index (Phi) is 7.48. The molecule has 1 heterocycles. The molecule has 0 amide bonds. The van der Waals surface area contributed by atoms with Gasteiger partial charge in [-0.1, -0.05) is 12.1 Å². The highest BCUT2D eigenvalue weighted by Crippen LogP contribution is 2.20. The van der Waals surface area contributed by atoms with Crippen LogP contribution in [0, 0.1) is 0 Å². The van der Waals surface area contributed by atoms with Crippen molar-refractivity contribution in [2.75, 3.05) is 14.2 Å². The monoisotopic (exact) mass is 420 g/mol. The first-order valence-corrected chi connectivity index (χ1v) is 9.64. The molecule has 7 heteroatoms. The summed E-state index contributed by atoms with van der Waals surface area (Å²) < 4.78 is 10.6. The summed E-state index contributed by atoms with van der Waals surface area (Å²) >= 11 is 0. The van der Waals surface area contributed by atoms with Crippen molar-refractivity contribution in [3.05, 3.63) is 83.3 Å². The third-order valence-electron chi connectivity index (χ3n) is 4.48. The van der Waals surface area contributed by atoms with Crippen LogP contribution in [0.5, 0.6) is 0 Å². The molecule has 3 rings (SSSR count). The molecule has 0 fully saturated rings. The largest absolute Gasteiger partial charge is 0.465 e. The van der Waals surface area contributed by atoms with E-state index in [2.05, 4.69) is 14.9 Å². The number of esters is 1. The Morgan fingerprint density at radius 3 is 1.81 bits per heavy atom. The van der Waals surface area contributed by atoms with Gasteiger partial charge in [-0.05, 0) is 67.9 Å². The van der Waals surface area contributed by atoms with E-state index < -0.39 is 0 Å². The molecule has 0 aliphatic heterocycles. The molecule has 160 valence electrons. The number of carbonyl (C=O) groups excluding carboxylic acids is 1. The van der Waals surface area contributed by atoms with Crippen molar-refractivity contribution in [1.82, 2.24) is 0 Å². The highest BCUT2D eigenvalue weighted by molar-refractivity contribution is 6.01. The Hall–Kier alpha value is -3.55. The number of hydrogen-bond acceptors (Lipinski definition) is 7. The van der Waals surface area contributed by atoms with E-state index in [4.69, 9.17) is 14.0 Å². The molecule has 0 bridgehead atoms. The van der Waals surface area contributed by atoms with Crippen molar-refractivity contribution >= 4 is 28.8 Å². The summed E-state index contributed by atoms with van der Waals surface area (Å²) in [5.74, 6) is 0.932. The second kappa shape index (κ2) is 10.5. The van der Waals surface area contributed by atoms with E-state index in [-0.39, 0.29) is 5.97 Å². The van der Waals surface area contributed by atoms with Gasteiger partial charge in [0.05, 0.1) is 42.6 Å². The lowest BCUT2D eigenvalue weighted by Crippen LogP contribution is -2.00. The van der Waals surface area contributed by atoms with Crippen LogP contribution in [0.15, 0.2) is 75.1 Å². The lowest BCUT2D eigenvalue weighted by molar-refractivity contribution is -0.282. The SMILES string of the molecule is COOCc1ccc(N=C(C)c2ccc(C(C)=Nc3ccc(C(=O)OC)cc3)o2)cc1. The molecule has 0 aliphatic carbocycles. The number of rotatable bonds is 8. The molecule has 0 saturated carbocycles. The van der Waals surface area contributed by atoms with Crippen LogP contribution in [0.25, 0.3) is 0 Å². The third kappa shape index (κ3) is 5.97. The van der Waals surface area contributed by atoms with Gasteiger partial charge in [-0.3, -0.25) is 0 Å². The van der Waals surface area contributed by atoms with Gasteiger partial charge in [0.25, 0.3) is 0 Å². The molecule has 2 aromatic carbocycles. The number of nitrogens with zero attached hydrogens (tertiary/aromatic N) is 2. The van der Waals surface area contributed by atoms with Crippen molar-refractivity contribution in [3.8, 4) is 0 Å². The fourth-order valence-corrected chi connectivity index (χ4v) is 2.81. The number of carbonyl (C=O) groups is 1. The fourth-order valence-electron chi connectivity index (χ4n) is 2.81. The number of benzene rings is 2. The molecule has 0 unspecified atom stereocenters. The summed E-state index contributed by atoms with van der Waals surface area (Å²) in [7, 11) is 2.83. The first kappa shape index (κ1) is 22.1. The van der Waals surface area contributed by atoms with Gasteiger partial charge in [0.2, 0.25) is 0 Å². The van der Waals surface area contributed by atoms with Crippen molar-refractivity contribution < 1.29 is 23.7 Å². The zero-order valence-corrected chi connectivity index (χ0v) is 17.9. The summed E-state index contributed by atoms with van der Waals surface area (Å²) in [6, 6.07) is 18.3. The van der Waals surface area contributed by atoms with Crippen LogP contribution in [-0.2, 0) is 21.1 Å². The topological polar surface area (TPSA) is 82.6 Å². The van der Waals surface area contributed by atoms with Crippen LogP contribution in [0.4, 0.5) is 11.4 Å². The van der Waals surface area contributed by atoms with Gasteiger partial charge >= 0.3 is 5.97 Å². The first-order valence-electron chi connectivity index (χ1n) is 9.64. The average molecular weight is 420 g/mol. The molecule has 0 saturated heterocycles. The minimum Gasteiger partial charge on any atom is -0.465 e. The lowest BCUT2D eigenvalue weighted by atomic mass is 10.2. The minimum absolute atomic E-state index is 0.379. The Bertz CT molecular complexity index is 1080. The lowest BCUT2D eigenvalue weighted by Gasteiger charge is -2.02. The van der Waals surface area contributed by atoms with Crippen LogP contribution in [-0.4, -0.2) is 31.6 Å². The molecule has 7 nitrogen and oxygen atoms in total. The summed E-state index contributed by atoms with van der Waals surface area (Å²) in [5, 5.41) is 0. The number of aliphatic imine (C=N–C) groups is 2. The normalized spacial score (nSPS) is 12.1. The Balaban J connectivity index is 1.71. The van der Waals surface area contributed by atoms with Gasteiger partial charge in [-0.25, -0.2) is 24.6 Å². The predicted molar refractivity (Wildman–Crippen MR) is 118 cm³/mol. The van der Waals surface area contributed by atoms with Crippen molar-refractivity contribution in [1.29, 1.82) is 0 Å². The van der Waals surface area contributed by atoms with Gasteiger partial charge in [-0.15, -0.1) is 0 Å². The molecule has 0 atom stereocenters. The van der Waals surface area contributed by atoms with E-state index in [1.54, 1.807) is 24.3 Å². The van der Waals surface area contributed by atoms with Gasteiger partial charge in [-0.2, -0.15) is 0 Å². The zero-order valence-electron chi connectivity index (χ0n) is 17.9. The van der Waals surface area contributed by atoms with Gasteiger partial charge in [0, 0.05) is 0 Å². The van der Waals surface area contributed by atoms with E-state index in [1.165, 1.54) is 14.2 Å². The van der Waals surface area contributed by atoms with Crippen LogP contribution >= 0.6 is 0 Å². The van der Waals surface area contributed by atoms with Crippen LogP contribution in [0.2, 0.25) is 0 Å². The second-order valence-electron chi connectivity index (χ2n) is 6.69. The number of methoxy groups -OCH3 is 1. The molecular weight excluding hydrogens is 396 g/mol. The predicted octanol–water partition coefficient (Wildman–Crippen LogP) is 5.43. The maximum absolute atomic E-state index is 11.5. The minimum atomic E-state index is -0.379. The molecule has 1 aromatic heterocycles. The van der Waals surface area contributed by atoms with Crippen LogP contribution < -0.4 is 0 Å². The number of hydrogen-bond donors (Lipinski definition) is 0. The molecule has 3 aromatic rings. The molecule has 0 spiro atoms. The van der Waals surface area contributed by atoms with Crippen molar-refractivity contribution in [2.45, 2.75) is 20.5 Å². The molecule has 0 N–H and O–H groups in total. The zero-order chi connectivity index (χ0) is 22.2. The Labute approximate surface area is 180 Å². The van der Waals surface area contributed by atoms with Gasteiger partial charge in [0.1, 0.15) is 18.1 Å². The Morgan fingerprint density at radius 1 is 0.806 bits per heavy atom. The highest BCUT2D eigenvalue weighted by atomic mass is 17.2.